The van der Waals surface area contributed by atoms with Gasteiger partial charge in [-0.25, -0.2) is 0 Å². The molecule has 1 N–H and O–H groups in total. The molecule has 0 unspecified atom stereocenters. The molecule has 1 aromatic rings. The number of likely N-dealkylation sites (tertiary alicyclic amines) is 1. The van der Waals surface area contributed by atoms with Gasteiger partial charge in [-0.3, -0.25) is 4.79 Å². The molecule has 0 aliphatic carbocycles. The summed E-state index contributed by atoms with van der Waals surface area (Å²) >= 11 is 0. The first-order valence-electron chi connectivity index (χ1n) is 5.75. The summed E-state index contributed by atoms with van der Waals surface area (Å²) in [6, 6.07) is 6.56. The minimum Gasteiger partial charge on any atom is -0.508 e. The highest BCUT2D eigenvalue weighted by Gasteiger charge is 2.21. The molecule has 0 saturated carbocycles. The lowest BCUT2D eigenvalue weighted by atomic mass is 9.98. The monoisotopic (exact) mass is 219 g/mol. The number of hydrogen-bond donors (Lipinski definition) is 1. The van der Waals surface area contributed by atoms with Gasteiger partial charge in [-0.05, 0) is 37.0 Å². The third-order valence-corrected chi connectivity index (χ3v) is 3.16. The van der Waals surface area contributed by atoms with Crippen LogP contribution in [0.1, 0.15) is 30.1 Å². The van der Waals surface area contributed by atoms with Crippen LogP contribution in [0.5, 0.6) is 5.75 Å². The number of phenols is 1. The molecule has 3 heteroatoms. The van der Waals surface area contributed by atoms with Gasteiger partial charge in [0.25, 0.3) is 5.91 Å². The Labute approximate surface area is 95.7 Å². The lowest BCUT2D eigenvalue weighted by Crippen LogP contribution is -2.37. The van der Waals surface area contributed by atoms with Crippen molar-refractivity contribution in [1.29, 1.82) is 0 Å². The first-order chi connectivity index (χ1) is 7.66. The third kappa shape index (κ3) is 2.35. The molecule has 0 spiro atoms. The molecular formula is C13H17NO2. The van der Waals surface area contributed by atoms with Gasteiger partial charge in [0, 0.05) is 18.7 Å². The van der Waals surface area contributed by atoms with Gasteiger partial charge >= 0.3 is 0 Å². The third-order valence-electron chi connectivity index (χ3n) is 3.16. The zero-order chi connectivity index (χ0) is 11.5. The van der Waals surface area contributed by atoms with Crippen molar-refractivity contribution in [3.63, 3.8) is 0 Å². The molecule has 0 atom stereocenters. The number of piperidine rings is 1. The second-order valence-corrected chi connectivity index (χ2v) is 4.53. The maximum atomic E-state index is 12.1. The maximum absolute atomic E-state index is 12.1. The van der Waals surface area contributed by atoms with Crippen LogP contribution in [0.25, 0.3) is 0 Å². The summed E-state index contributed by atoms with van der Waals surface area (Å²) in [6.07, 6.45) is 2.15. The number of carbonyl (C=O) groups is 1. The highest BCUT2D eigenvalue weighted by molar-refractivity contribution is 5.94. The zero-order valence-corrected chi connectivity index (χ0v) is 9.52. The molecule has 3 nitrogen and oxygen atoms in total. The van der Waals surface area contributed by atoms with E-state index < -0.39 is 0 Å². The number of amides is 1. The van der Waals surface area contributed by atoms with E-state index in [9.17, 15) is 9.90 Å². The van der Waals surface area contributed by atoms with Crippen LogP contribution in [0.2, 0.25) is 0 Å². The molecule has 86 valence electrons. The number of phenolic OH excluding ortho intramolecular Hbond substituents is 1. The van der Waals surface area contributed by atoms with E-state index in [-0.39, 0.29) is 11.7 Å². The van der Waals surface area contributed by atoms with Crippen LogP contribution in [-0.4, -0.2) is 29.0 Å². The minimum absolute atomic E-state index is 0.0304. The van der Waals surface area contributed by atoms with Crippen LogP contribution < -0.4 is 0 Å². The van der Waals surface area contributed by atoms with Gasteiger partial charge < -0.3 is 10.0 Å². The Bertz CT molecular complexity index is 381. The highest BCUT2D eigenvalue weighted by atomic mass is 16.3. The fraction of sp³-hybridized carbons (Fsp3) is 0.462. The van der Waals surface area contributed by atoms with E-state index in [1.54, 1.807) is 18.2 Å². The summed E-state index contributed by atoms with van der Waals surface area (Å²) in [5, 5.41) is 9.33. The van der Waals surface area contributed by atoms with E-state index >= 15 is 0 Å². The summed E-state index contributed by atoms with van der Waals surface area (Å²) in [5.74, 6) is 0.896. The topological polar surface area (TPSA) is 40.5 Å². The standard InChI is InChI=1S/C13H17NO2/c1-10-5-7-14(8-6-10)13(16)11-3-2-4-12(15)9-11/h2-4,9-10,15H,5-8H2,1H3. The first kappa shape index (κ1) is 11.0. The van der Waals surface area contributed by atoms with Crippen molar-refractivity contribution < 1.29 is 9.90 Å². The number of hydrogen-bond acceptors (Lipinski definition) is 2. The fourth-order valence-corrected chi connectivity index (χ4v) is 2.03. The van der Waals surface area contributed by atoms with Crippen molar-refractivity contribution in [3.8, 4) is 5.75 Å². The van der Waals surface area contributed by atoms with Crippen LogP contribution in [-0.2, 0) is 0 Å². The fourth-order valence-electron chi connectivity index (χ4n) is 2.03. The van der Waals surface area contributed by atoms with Crippen LogP contribution in [0, 0.1) is 5.92 Å². The molecule has 1 aliphatic rings. The van der Waals surface area contributed by atoms with Crippen LogP contribution in [0.15, 0.2) is 24.3 Å². The quantitative estimate of drug-likeness (QED) is 0.787. The molecule has 1 aromatic carbocycles. The Morgan fingerprint density at radius 2 is 2.06 bits per heavy atom. The Hall–Kier alpha value is -1.51. The molecule has 1 saturated heterocycles. The number of carbonyl (C=O) groups excluding carboxylic acids is 1. The maximum Gasteiger partial charge on any atom is 0.253 e. The van der Waals surface area contributed by atoms with Gasteiger partial charge in [-0.15, -0.1) is 0 Å². The molecule has 0 bridgehead atoms. The normalized spacial score (nSPS) is 17.4. The average molecular weight is 219 g/mol. The molecule has 2 rings (SSSR count). The molecule has 1 heterocycles. The van der Waals surface area contributed by atoms with Crippen molar-refractivity contribution in [1.82, 2.24) is 4.90 Å². The summed E-state index contributed by atoms with van der Waals surface area (Å²) in [7, 11) is 0. The van der Waals surface area contributed by atoms with Crippen molar-refractivity contribution in [2.75, 3.05) is 13.1 Å². The average Bonchev–Trinajstić information content (AvgIpc) is 2.29. The number of aromatic hydroxyl groups is 1. The van der Waals surface area contributed by atoms with Crippen LogP contribution in [0.4, 0.5) is 0 Å². The summed E-state index contributed by atoms with van der Waals surface area (Å²) in [4.78, 5) is 13.9. The van der Waals surface area contributed by atoms with Gasteiger partial charge in [0.15, 0.2) is 0 Å². The highest BCUT2D eigenvalue weighted by Crippen LogP contribution is 2.19. The summed E-state index contributed by atoms with van der Waals surface area (Å²) < 4.78 is 0. The first-order valence-corrected chi connectivity index (χ1v) is 5.75. The molecular weight excluding hydrogens is 202 g/mol. The van der Waals surface area contributed by atoms with Crippen molar-refractivity contribution >= 4 is 5.91 Å². The molecule has 16 heavy (non-hydrogen) atoms. The van der Waals surface area contributed by atoms with Gasteiger partial charge in [-0.2, -0.15) is 0 Å². The lowest BCUT2D eigenvalue weighted by molar-refractivity contribution is 0.0697. The van der Waals surface area contributed by atoms with E-state index in [1.165, 1.54) is 6.07 Å². The Morgan fingerprint density at radius 1 is 1.38 bits per heavy atom. The second kappa shape index (κ2) is 4.56. The molecule has 0 radical (unpaired) electrons. The van der Waals surface area contributed by atoms with E-state index in [4.69, 9.17) is 0 Å². The van der Waals surface area contributed by atoms with Gasteiger partial charge in [0.05, 0.1) is 0 Å². The summed E-state index contributed by atoms with van der Waals surface area (Å²) in [6.45, 7) is 3.88. The predicted octanol–water partition coefficient (Wildman–Crippen LogP) is 2.26. The van der Waals surface area contributed by atoms with E-state index in [2.05, 4.69) is 6.92 Å². The van der Waals surface area contributed by atoms with Crippen LogP contribution in [0.3, 0.4) is 0 Å². The SMILES string of the molecule is CC1CCN(C(=O)c2cccc(O)c2)CC1. The van der Waals surface area contributed by atoms with Crippen molar-refractivity contribution in [3.05, 3.63) is 29.8 Å². The minimum atomic E-state index is 0.0304. The molecule has 1 amide bonds. The summed E-state index contributed by atoms with van der Waals surface area (Å²) in [5.41, 5.74) is 0.578. The van der Waals surface area contributed by atoms with E-state index in [1.807, 2.05) is 4.90 Å². The lowest BCUT2D eigenvalue weighted by Gasteiger charge is -2.30. The molecule has 1 fully saturated rings. The smallest absolute Gasteiger partial charge is 0.253 e. The Balaban J connectivity index is 2.08. The van der Waals surface area contributed by atoms with Crippen LogP contribution >= 0.6 is 0 Å². The van der Waals surface area contributed by atoms with Crippen molar-refractivity contribution in [2.24, 2.45) is 5.92 Å². The van der Waals surface area contributed by atoms with Crippen molar-refractivity contribution in [2.45, 2.75) is 19.8 Å². The van der Waals surface area contributed by atoms with Gasteiger partial charge in [0.1, 0.15) is 5.75 Å². The van der Waals surface area contributed by atoms with E-state index in [0.717, 1.165) is 25.9 Å². The number of rotatable bonds is 1. The molecule has 0 aromatic heterocycles. The predicted molar refractivity (Wildman–Crippen MR) is 62.4 cm³/mol. The number of nitrogens with zero attached hydrogens (tertiary/aromatic N) is 1. The van der Waals surface area contributed by atoms with Gasteiger partial charge in [0.2, 0.25) is 0 Å². The largest absolute Gasteiger partial charge is 0.508 e. The number of benzene rings is 1. The zero-order valence-electron chi connectivity index (χ0n) is 9.52. The Morgan fingerprint density at radius 3 is 2.69 bits per heavy atom. The van der Waals surface area contributed by atoms with E-state index in [0.29, 0.717) is 11.5 Å². The molecule has 1 aliphatic heterocycles. The second-order valence-electron chi connectivity index (χ2n) is 4.53. The Kier molecular flexibility index (Phi) is 3.13. The van der Waals surface area contributed by atoms with Gasteiger partial charge in [-0.1, -0.05) is 13.0 Å².